The number of aromatic amines is 1. The van der Waals surface area contributed by atoms with Crippen LogP contribution in [0.3, 0.4) is 0 Å². The van der Waals surface area contributed by atoms with E-state index in [2.05, 4.69) is 20.4 Å². The topological polar surface area (TPSA) is 95.3 Å². The molecule has 96 valence electrons. The van der Waals surface area contributed by atoms with E-state index < -0.39 is 5.97 Å². The van der Waals surface area contributed by atoms with Crippen LogP contribution in [-0.4, -0.2) is 37.7 Å². The normalized spacial score (nSPS) is 10.8. The lowest BCUT2D eigenvalue weighted by Crippen LogP contribution is -2.03. The predicted octanol–water partition coefficient (Wildman–Crippen LogP) is 1.46. The molecule has 0 amide bonds. The second-order valence-electron chi connectivity index (χ2n) is 3.98. The number of fused-ring (bicyclic) bond motifs is 1. The Morgan fingerprint density at radius 2 is 2.37 bits per heavy atom. The van der Waals surface area contributed by atoms with E-state index in [4.69, 9.17) is 5.11 Å². The minimum absolute atomic E-state index is 0.0777. The molecule has 19 heavy (non-hydrogen) atoms. The Hall–Kier alpha value is -2.83. The van der Waals surface area contributed by atoms with Crippen molar-refractivity contribution in [1.82, 2.24) is 19.6 Å². The zero-order valence-electron chi connectivity index (χ0n) is 10.1. The number of aromatic nitrogens is 4. The van der Waals surface area contributed by atoms with Crippen LogP contribution in [-0.2, 0) is 0 Å². The Labute approximate surface area is 107 Å². The maximum atomic E-state index is 11.2. The molecule has 0 atom stereocenters. The van der Waals surface area contributed by atoms with Gasteiger partial charge in [-0.05, 0) is 6.07 Å². The van der Waals surface area contributed by atoms with E-state index in [-0.39, 0.29) is 5.56 Å². The second-order valence-corrected chi connectivity index (χ2v) is 3.98. The van der Waals surface area contributed by atoms with Gasteiger partial charge < -0.3 is 15.4 Å². The molecule has 0 unspecified atom stereocenters. The van der Waals surface area contributed by atoms with Crippen LogP contribution in [0.4, 0.5) is 5.82 Å². The van der Waals surface area contributed by atoms with Gasteiger partial charge >= 0.3 is 5.97 Å². The third kappa shape index (κ3) is 1.71. The Balaban J connectivity index is 2.31. The first kappa shape index (κ1) is 11.3. The summed E-state index contributed by atoms with van der Waals surface area (Å²) in [5.74, 6) is -0.371. The summed E-state index contributed by atoms with van der Waals surface area (Å²) < 4.78 is 1.47. The average Bonchev–Trinajstić information content (AvgIpc) is 3.06. The smallest absolute Gasteiger partial charge is 0.341 e. The van der Waals surface area contributed by atoms with Gasteiger partial charge in [0.25, 0.3) is 0 Å². The van der Waals surface area contributed by atoms with Crippen molar-refractivity contribution in [2.75, 3.05) is 12.4 Å². The largest absolute Gasteiger partial charge is 0.477 e. The van der Waals surface area contributed by atoms with E-state index in [1.807, 2.05) is 12.1 Å². The summed E-state index contributed by atoms with van der Waals surface area (Å²) in [6, 6.07) is 3.68. The molecule has 0 saturated carbocycles. The Morgan fingerprint density at radius 3 is 3.00 bits per heavy atom. The van der Waals surface area contributed by atoms with Crippen molar-refractivity contribution >= 4 is 17.4 Å². The molecule has 0 fully saturated rings. The van der Waals surface area contributed by atoms with Gasteiger partial charge in [0.2, 0.25) is 0 Å². The average molecular weight is 257 g/mol. The van der Waals surface area contributed by atoms with E-state index in [1.165, 1.54) is 10.7 Å². The molecular formula is C12H11N5O2. The first-order chi connectivity index (χ1) is 9.20. The lowest BCUT2D eigenvalue weighted by molar-refractivity contribution is 0.0699. The summed E-state index contributed by atoms with van der Waals surface area (Å²) in [4.78, 5) is 18.5. The van der Waals surface area contributed by atoms with Crippen LogP contribution >= 0.6 is 0 Å². The summed E-state index contributed by atoms with van der Waals surface area (Å²) >= 11 is 0. The van der Waals surface area contributed by atoms with E-state index in [9.17, 15) is 4.79 Å². The van der Waals surface area contributed by atoms with Crippen LogP contribution in [0.1, 0.15) is 10.4 Å². The molecule has 0 aromatic carbocycles. The van der Waals surface area contributed by atoms with E-state index in [0.717, 1.165) is 5.56 Å². The van der Waals surface area contributed by atoms with Gasteiger partial charge in [-0.15, -0.1) is 0 Å². The quantitative estimate of drug-likeness (QED) is 0.660. The highest BCUT2D eigenvalue weighted by molar-refractivity contribution is 5.94. The zero-order chi connectivity index (χ0) is 13.4. The fraction of sp³-hybridized carbons (Fsp3) is 0.0833. The molecule has 0 bridgehead atoms. The number of aromatic carboxylic acids is 1. The van der Waals surface area contributed by atoms with Crippen LogP contribution in [0, 0.1) is 0 Å². The van der Waals surface area contributed by atoms with Crippen molar-refractivity contribution in [2.45, 2.75) is 0 Å². The number of hydrogen-bond donors (Lipinski definition) is 3. The van der Waals surface area contributed by atoms with Gasteiger partial charge in [-0.3, -0.25) is 0 Å². The van der Waals surface area contributed by atoms with E-state index >= 15 is 0 Å². The predicted molar refractivity (Wildman–Crippen MR) is 69.3 cm³/mol. The highest BCUT2D eigenvalue weighted by Gasteiger charge is 2.16. The van der Waals surface area contributed by atoms with E-state index in [0.29, 0.717) is 17.2 Å². The Morgan fingerprint density at radius 1 is 1.53 bits per heavy atom. The summed E-state index contributed by atoms with van der Waals surface area (Å²) in [7, 11) is 1.75. The van der Waals surface area contributed by atoms with Crippen LogP contribution in [0.15, 0.2) is 30.7 Å². The molecule has 3 aromatic rings. The Bertz CT molecular complexity index is 745. The molecule has 3 rings (SSSR count). The second kappa shape index (κ2) is 4.13. The SMILES string of the molecule is CNc1cc(-c2cc[nH]c2)nc2c(C(=O)O)cnn12. The number of nitrogens with one attached hydrogen (secondary N) is 2. The molecule has 3 N–H and O–H groups in total. The molecule has 0 radical (unpaired) electrons. The van der Waals surface area contributed by atoms with E-state index in [1.54, 1.807) is 19.4 Å². The summed E-state index contributed by atoms with van der Waals surface area (Å²) in [5, 5.41) is 16.2. The van der Waals surface area contributed by atoms with Gasteiger partial charge in [0, 0.05) is 31.1 Å². The van der Waals surface area contributed by atoms with Crippen LogP contribution in [0.5, 0.6) is 0 Å². The summed E-state index contributed by atoms with van der Waals surface area (Å²) in [6.45, 7) is 0. The third-order valence-electron chi connectivity index (χ3n) is 2.85. The van der Waals surface area contributed by atoms with Gasteiger partial charge in [0.15, 0.2) is 5.65 Å². The van der Waals surface area contributed by atoms with Crippen molar-refractivity contribution < 1.29 is 9.90 Å². The van der Waals surface area contributed by atoms with Crippen molar-refractivity contribution in [3.05, 3.63) is 36.3 Å². The number of nitrogens with zero attached hydrogens (tertiary/aromatic N) is 3. The third-order valence-corrected chi connectivity index (χ3v) is 2.85. The van der Waals surface area contributed by atoms with Crippen molar-refractivity contribution in [3.8, 4) is 11.3 Å². The molecule has 3 heterocycles. The first-order valence-corrected chi connectivity index (χ1v) is 5.63. The number of anilines is 1. The van der Waals surface area contributed by atoms with Crippen molar-refractivity contribution in [3.63, 3.8) is 0 Å². The van der Waals surface area contributed by atoms with Crippen LogP contribution in [0.25, 0.3) is 16.9 Å². The molecule has 3 aromatic heterocycles. The lowest BCUT2D eigenvalue weighted by Gasteiger charge is -2.06. The zero-order valence-corrected chi connectivity index (χ0v) is 10.1. The van der Waals surface area contributed by atoms with Gasteiger partial charge in [-0.2, -0.15) is 9.61 Å². The molecule has 0 aliphatic carbocycles. The molecule has 0 aliphatic heterocycles. The minimum atomic E-state index is -1.05. The lowest BCUT2D eigenvalue weighted by atomic mass is 10.2. The standard InChI is InChI=1S/C12H11N5O2/c1-13-10-4-9(7-2-3-14-5-7)16-11-8(12(18)19)6-15-17(10)11/h2-6,13-14H,1H3,(H,18,19). The van der Waals surface area contributed by atoms with Gasteiger partial charge in [0.05, 0.1) is 11.9 Å². The fourth-order valence-electron chi connectivity index (χ4n) is 1.92. The molecule has 7 heteroatoms. The first-order valence-electron chi connectivity index (χ1n) is 5.63. The summed E-state index contributed by atoms with van der Waals surface area (Å²) in [5.41, 5.74) is 1.96. The van der Waals surface area contributed by atoms with Crippen molar-refractivity contribution in [2.24, 2.45) is 0 Å². The van der Waals surface area contributed by atoms with Crippen LogP contribution < -0.4 is 5.32 Å². The van der Waals surface area contributed by atoms with Gasteiger partial charge in [-0.1, -0.05) is 0 Å². The monoisotopic (exact) mass is 257 g/mol. The highest BCUT2D eigenvalue weighted by atomic mass is 16.4. The van der Waals surface area contributed by atoms with Gasteiger partial charge in [0.1, 0.15) is 11.4 Å². The molecule has 0 saturated heterocycles. The number of carbonyl (C=O) groups is 1. The molecule has 7 nitrogen and oxygen atoms in total. The minimum Gasteiger partial charge on any atom is -0.477 e. The number of hydrogen-bond acceptors (Lipinski definition) is 4. The number of carboxylic acid groups (broad SMARTS) is 1. The highest BCUT2D eigenvalue weighted by Crippen LogP contribution is 2.23. The Kier molecular flexibility index (Phi) is 2.45. The molecule has 0 spiro atoms. The summed E-state index contributed by atoms with van der Waals surface area (Å²) in [6.07, 6.45) is 4.89. The number of H-pyrrole nitrogens is 1. The van der Waals surface area contributed by atoms with Gasteiger partial charge in [-0.25, -0.2) is 9.78 Å². The maximum Gasteiger partial charge on any atom is 0.341 e. The van der Waals surface area contributed by atoms with Crippen molar-refractivity contribution in [1.29, 1.82) is 0 Å². The van der Waals surface area contributed by atoms with Crippen LogP contribution in [0.2, 0.25) is 0 Å². The number of rotatable bonds is 3. The number of carboxylic acids is 1. The molecule has 0 aliphatic rings. The fourth-order valence-corrected chi connectivity index (χ4v) is 1.92. The molecular weight excluding hydrogens is 246 g/mol. The maximum absolute atomic E-state index is 11.2.